The number of methoxy groups -OCH3 is 1. The van der Waals surface area contributed by atoms with E-state index in [2.05, 4.69) is 20.1 Å². The Morgan fingerprint density at radius 1 is 1.23 bits per heavy atom. The fraction of sp³-hybridized carbons (Fsp3) is 0.478. The Kier molecular flexibility index (Phi) is 5.84. The third-order valence-corrected chi connectivity index (χ3v) is 6.42. The molecule has 2 N–H and O–H groups in total. The molecule has 2 aliphatic rings. The number of hydrogen-bond acceptors (Lipinski definition) is 4. The average molecular weight is 407 g/mol. The Bertz CT molecular complexity index is 934. The number of esters is 1. The lowest BCUT2D eigenvalue weighted by atomic mass is 9.72. The molecule has 156 valence electrons. The van der Waals surface area contributed by atoms with Crippen LogP contribution < -0.4 is 5.32 Å². The third kappa shape index (κ3) is 3.95. The van der Waals surface area contributed by atoms with Crippen LogP contribution in [0.2, 0.25) is 0 Å². The first kappa shape index (κ1) is 20.1. The SMILES string of the molecule is C#[N+]c1cc(C2CCC2)c(C(=O)N[C@H](Cc2cnc[nH]2)C(=O)OC)c(C2CCC2)c1. The molecular formula is C23H27N4O3+. The van der Waals surface area contributed by atoms with Crippen molar-refractivity contribution in [3.05, 3.63) is 51.9 Å². The molecule has 1 aromatic carbocycles. The molecule has 0 bridgehead atoms. The number of amides is 1. The summed E-state index contributed by atoms with van der Waals surface area (Å²) >= 11 is 0. The topological polar surface area (TPSA) is 88.4 Å². The third-order valence-electron chi connectivity index (χ3n) is 6.42. The number of carbonyl (C=O) groups is 2. The van der Waals surface area contributed by atoms with Crippen LogP contribution in [0.25, 0.3) is 4.85 Å². The van der Waals surface area contributed by atoms with Gasteiger partial charge in [-0.1, -0.05) is 12.8 Å². The molecule has 0 saturated heterocycles. The van der Waals surface area contributed by atoms with Crippen molar-refractivity contribution in [1.82, 2.24) is 15.3 Å². The fourth-order valence-corrected chi connectivity index (χ4v) is 4.27. The highest BCUT2D eigenvalue weighted by Gasteiger charge is 2.34. The number of aromatic amines is 1. The van der Waals surface area contributed by atoms with E-state index in [0.717, 1.165) is 55.3 Å². The van der Waals surface area contributed by atoms with Gasteiger partial charge in [0, 0.05) is 36.0 Å². The van der Waals surface area contributed by atoms with Crippen LogP contribution in [0.4, 0.5) is 5.69 Å². The van der Waals surface area contributed by atoms with E-state index in [1.807, 2.05) is 12.1 Å². The molecule has 7 nitrogen and oxygen atoms in total. The van der Waals surface area contributed by atoms with Crippen LogP contribution in [0.1, 0.15) is 77.5 Å². The maximum absolute atomic E-state index is 13.5. The molecule has 2 aliphatic carbocycles. The van der Waals surface area contributed by atoms with Gasteiger partial charge in [0.15, 0.2) is 0 Å². The van der Waals surface area contributed by atoms with E-state index in [0.29, 0.717) is 23.1 Å². The Morgan fingerprint density at radius 3 is 2.30 bits per heavy atom. The zero-order valence-corrected chi connectivity index (χ0v) is 17.2. The molecule has 7 heteroatoms. The van der Waals surface area contributed by atoms with Gasteiger partial charge in [0.25, 0.3) is 12.5 Å². The summed E-state index contributed by atoms with van der Waals surface area (Å²) in [6.07, 6.45) is 9.97. The van der Waals surface area contributed by atoms with Gasteiger partial charge in [0.05, 0.1) is 13.4 Å². The van der Waals surface area contributed by atoms with Crippen LogP contribution in [0, 0.1) is 6.57 Å². The monoisotopic (exact) mass is 407 g/mol. The summed E-state index contributed by atoms with van der Waals surface area (Å²) in [7, 11) is 1.32. The molecule has 1 aromatic heterocycles. The molecular weight excluding hydrogens is 380 g/mol. The Hall–Kier alpha value is -3.14. The van der Waals surface area contributed by atoms with Crippen LogP contribution in [0.5, 0.6) is 0 Å². The minimum atomic E-state index is -0.801. The molecule has 0 unspecified atom stereocenters. The summed E-state index contributed by atoms with van der Waals surface area (Å²) in [5.41, 5.74) is 4.14. The average Bonchev–Trinajstić information content (AvgIpc) is 3.16. The molecule has 1 heterocycles. The highest BCUT2D eigenvalue weighted by Crippen LogP contribution is 2.45. The van der Waals surface area contributed by atoms with Crippen molar-refractivity contribution in [3.63, 3.8) is 0 Å². The van der Waals surface area contributed by atoms with E-state index in [4.69, 9.17) is 11.3 Å². The second-order valence-corrected chi connectivity index (χ2v) is 8.21. The van der Waals surface area contributed by atoms with E-state index in [1.54, 1.807) is 12.5 Å². The standard InChI is InChI=1S/C23H26N4O3/c1-24-16-9-18(14-5-3-6-14)21(19(10-16)15-7-4-8-15)22(28)27-20(23(29)30-2)11-17-12-25-13-26-17/h1,9-10,12-15,20H,3-8,11H2,2H3,(H-,25,26,27,28)/p+1/t20-/m1/s1. The number of imidazole rings is 1. The summed E-state index contributed by atoms with van der Waals surface area (Å²) in [4.78, 5) is 36.8. The van der Waals surface area contributed by atoms with Gasteiger partial charge in [-0.25, -0.2) is 9.78 Å². The predicted molar refractivity (Wildman–Crippen MR) is 113 cm³/mol. The van der Waals surface area contributed by atoms with Crippen LogP contribution in [0.15, 0.2) is 24.7 Å². The minimum Gasteiger partial charge on any atom is -0.467 e. The lowest BCUT2D eigenvalue weighted by Crippen LogP contribution is -2.44. The van der Waals surface area contributed by atoms with Gasteiger partial charge in [-0.05, 0) is 53.5 Å². The molecule has 4 rings (SSSR count). The van der Waals surface area contributed by atoms with Crippen molar-refractivity contribution < 1.29 is 14.3 Å². The Morgan fingerprint density at radius 2 is 1.87 bits per heavy atom. The lowest BCUT2D eigenvalue weighted by molar-refractivity contribution is -0.142. The molecule has 2 aromatic rings. The van der Waals surface area contributed by atoms with E-state index in [-0.39, 0.29) is 12.3 Å². The lowest BCUT2D eigenvalue weighted by Gasteiger charge is -2.32. The molecule has 1 atom stereocenters. The number of aromatic nitrogens is 2. The smallest absolute Gasteiger partial charge is 0.340 e. The summed E-state index contributed by atoms with van der Waals surface area (Å²) < 4.78 is 4.93. The van der Waals surface area contributed by atoms with Crippen molar-refractivity contribution in [2.45, 2.75) is 62.8 Å². The van der Waals surface area contributed by atoms with Gasteiger partial charge in [-0.3, -0.25) is 4.79 Å². The number of rotatable bonds is 7. The summed E-state index contributed by atoms with van der Waals surface area (Å²) in [6, 6.07) is 3.07. The number of hydrogen-bond donors (Lipinski definition) is 2. The van der Waals surface area contributed by atoms with Crippen molar-refractivity contribution in [2.24, 2.45) is 0 Å². The second-order valence-electron chi connectivity index (χ2n) is 8.21. The molecule has 0 spiro atoms. The number of nitrogens with zero attached hydrogens (tertiary/aromatic N) is 2. The van der Waals surface area contributed by atoms with E-state index >= 15 is 0 Å². The number of H-pyrrole nitrogens is 1. The zero-order valence-electron chi connectivity index (χ0n) is 17.2. The van der Waals surface area contributed by atoms with E-state index in [9.17, 15) is 9.59 Å². The fourth-order valence-electron chi connectivity index (χ4n) is 4.27. The summed E-state index contributed by atoms with van der Waals surface area (Å²) in [5, 5.41) is 2.92. The molecule has 2 fully saturated rings. The number of ether oxygens (including phenoxy) is 1. The molecule has 0 radical (unpaired) electrons. The van der Waals surface area contributed by atoms with Gasteiger partial charge in [0.2, 0.25) is 0 Å². The van der Waals surface area contributed by atoms with Crippen LogP contribution in [-0.4, -0.2) is 35.0 Å². The van der Waals surface area contributed by atoms with Crippen LogP contribution >= 0.6 is 0 Å². The summed E-state index contributed by atoms with van der Waals surface area (Å²) in [5.74, 6) is -0.0647. The highest BCUT2D eigenvalue weighted by molar-refractivity contribution is 6.00. The first-order valence-corrected chi connectivity index (χ1v) is 10.6. The minimum absolute atomic E-state index is 0.239. The number of carbonyl (C=O) groups excluding carboxylic acids is 2. The van der Waals surface area contributed by atoms with Crippen molar-refractivity contribution in [2.75, 3.05) is 7.11 Å². The van der Waals surface area contributed by atoms with Gasteiger partial charge in [-0.2, -0.15) is 0 Å². The van der Waals surface area contributed by atoms with Gasteiger partial charge >= 0.3 is 11.7 Å². The first-order valence-electron chi connectivity index (χ1n) is 10.6. The van der Waals surface area contributed by atoms with Crippen molar-refractivity contribution >= 4 is 17.6 Å². The van der Waals surface area contributed by atoms with Crippen molar-refractivity contribution in [1.29, 1.82) is 0 Å². The molecule has 1 amide bonds. The van der Waals surface area contributed by atoms with E-state index in [1.165, 1.54) is 7.11 Å². The van der Waals surface area contributed by atoms with Gasteiger partial charge in [-0.15, -0.1) is 0 Å². The highest BCUT2D eigenvalue weighted by atomic mass is 16.5. The first-order chi connectivity index (χ1) is 14.6. The predicted octanol–water partition coefficient (Wildman–Crippen LogP) is 4.05. The molecule has 2 saturated carbocycles. The summed E-state index contributed by atoms with van der Waals surface area (Å²) in [6.45, 7) is 5.60. The maximum atomic E-state index is 13.5. The zero-order chi connectivity index (χ0) is 21.1. The van der Waals surface area contributed by atoms with Gasteiger partial charge < -0.3 is 15.0 Å². The molecule has 0 aliphatic heterocycles. The molecule has 30 heavy (non-hydrogen) atoms. The van der Waals surface area contributed by atoms with Gasteiger partial charge in [0.1, 0.15) is 6.04 Å². The number of benzene rings is 1. The van der Waals surface area contributed by atoms with Crippen LogP contribution in [-0.2, 0) is 16.0 Å². The maximum Gasteiger partial charge on any atom is 0.340 e. The van der Waals surface area contributed by atoms with E-state index < -0.39 is 12.0 Å². The quantitative estimate of drug-likeness (QED) is 0.678. The normalized spacial score (nSPS) is 17.3. The van der Waals surface area contributed by atoms with Crippen LogP contribution in [0.3, 0.4) is 0 Å². The second kappa shape index (κ2) is 8.70. The largest absolute Gasteiger partial charge is 0.467 e. The van der Waals surface area contributed by atoms with Crippen molar-refractivity contribution in [3.8, 4) is 6.57 Å². The number of nitrogens with one attached hydrogen (secondary N) is 2. The Labute approximate surface area is 176 Å². The Balaban J connectivity index is 1.69.